The highest BCUT2D eigenvalue weighted by Gasteiger charge is 2.23. The first kappa shape index (κ1) is 14.3. The number of hydrogen-bond donors (Lipinski definition) is 2. The summed E-state index contributed by atoms with van der Waals surface area (Å²) < 4.78 is 27.7. The maximum Gasteiger partial charge on any atom is 0.347 e. The number of hydrogen-bond acceptors (Lipinski definition) is 5. The Bertz CT molecular complexity index is 819. The van der Waals surface area contributed by atoms with E-state index < -0.39 is 16.0 Å². The van der Waals surface area contributed by atoms with E-state index in [1.807, 2.05) is 0 Å². The van der Waals surface area contributed by atoms with Crippen LogP contribution in [0.3, 0.4) is 0 Å². The normalized spacial score (nSPS) is 11.2. The number of pyridine rings is 1. The number of carboxylic acids is 1. The topological polar surface area (TPSA) is 105 Å². The number of aromatic carboxylic acids is 1. The van der Waals surface area contributed by atoms with E-state index in [2.05, 4.69) is 4.72 Å². The van der Waals surface area contributed by atoms with Crippen molar-refractivity contribution in [1.82, 2.24) is 4.57 Å². The average molecular weight is 314 g/mol. The Kier molecular flexibility index (Phi) is 3.64. The third kappa shape index (κ3) is 2.73. The van der Waals surface area contributed by atoms with E-state index in [0.717, 1.165) is 11.3 Å². The number of aryl methyl sites for hydroxylation is 1. The molecule has 0 fully saturated rings. The summed E-state index contributed by atoms with van der Waals surface area (Å²) in [6, 6.07) is 3.74. The number of sulfonamides is 1. The average Bonchev–Trinajstić information content (AvgIpc) is 2.83. The van der Waals surface area contributed by atoms with Gasteiger partial charge < -0.3 is 9.67 Å². The molecule has 0 unspecified atom stereocenters. The molecule has 20 heavy (non-hydrogen) atoms. The number of rotatable bonds is 4. The van der Waals surface area contributed by atoms with E-state index in [9.17, 15) is 18.0 Å². The van der Waals surface area contributed by atoms with Gasteiger partial charge in [-0.3, -0.25) is 9.52 Å². The number of aromatic nitrogens is 1. The monoisotopic (exact) mass is 314 g/mol. The molecule has 0 radical (unpaired) electrons. The van der Waals surface area contributed by atoms with E-state index in [0.29, 0.717) is 0 Å². The van der Waals surface area contributed by atoms with Crippen LogP contribution in [0.25, 0.3) is 0 Å². The molecule has 0 aliphatic carbocycles. The zero-order valence-corrected chi connectivity index (χ0v) is 11.9. The predicted molar refractivity (Wildman–Crippen MR) is 73.8 cm³/mol. The van der Waals surface area contributed by atoms with Gasteiger partial charge in [-0.05, 0) is 17.5 Å². The van der Waals surface area contributed by atoms with Crippen LogP contribution in [0.4, 0.5) is 5.69 Å². The van der Waals surface area contributed by atoms with Crippen LogP contribution in [-0.2, 0) is 17.1 Å². The molecule has 2 aromatic rings. The zero-order valence-electron chi connectivity index (χ0n) is 10.2. The van der Waals surface area contributed by atoms with Crippen molar-refractivity contribution in [3.8, 4) is 0 Å². The molecule has 0 saturated heterocycles. The third-order valence-electron chi connectivity index (χ3n) is 2.45. The number of carboxylic acid groups (broad SMARTS) is 1. The SMILES string of the molecule is Cn1cc(NS(=O)(=O)c2ccsc2C(=O)O)ccc1=O. The molecule has 0 aliphatic heterocycles. The van der Waals surface area contributed by atoms with E-state index >= 15 is 0 Å². The van der Waals surface area contributed by atoms with Gasteiger partial charge in [0.05, 0.1) is 5.69 Å². The highest BCUT2D eigenvalue weighted by atomic mass is 32.2. The van der Waals surface area contributed by atoms with Gasteiger partial charge in [0.15, 0.2) is 0 Å². The molecule has 0 spiro atoms. The summed E-state index contributed by atoms with van der Waals surface area (Å²) in [4.78, 5) is 21.6. The molecule has 0 saturated carbocycles. The summed E-state index contributed by atoms with van der Waals surface area (Å²) in [6.45, 7) is 0. The minimum atomic E-state index is -4.01. The van der Waals surface area contributed by atoms with Crippen LogP contribution in [0.1, 0.15) is 9.67 Å². The number of anilines is 1. The number of nitrogens with one attached hydrogen (secondary N) is 1. The van der Waals surface area contributed by atoms with Crippen molar-refractivity contribution in [2.24, 2.45) is 7.05 Å². The fourth-order valence-corrected chi connectivity index (χ4v) is 3.83. The van der Waals surface area contributed by atoms with Gasteiger partial charge in [-0.1, -0.05) is 0 Å². The zero-order chi connectivity index (χ0) is 14.9. The van der Waals surface area contributed by atoms with Crippen LogP contribution >= 0.6 is 11.3 Å². The largest absolute Gasteiger partial charge is 0.477 e. The standard InChI is InChI=1S/C11H10N2O5S2/c1-13-6-7(2-3-9(13)14)12-20(17,18)8-4-5-19-10(8)11(15)16/h2-6,12H,1H3,(H,15,16). The Balaban J connectivity index is 2.40. The Morgan fingerprint density at radius 1 is 1.35 bits per heavy atom. The summed E-state index contributed by atoms with van der Waals surface area (Å²) in [5, 5.41) is 10.3. The van der Waals surface area contributed by atoms with Gasteiger partial charge in [0.2, 0.25) is 5.56 Å². The van der Waals surface area contributed by atoms with Crippen molar-refractivity contribution >= 4 is 33.0 Å². The minimum absolute atomic E-state index is 0.176. The summed E-state index contributed by atoms with van der Waals surface area (Å²) in [6.07, 6.45) is 1.31. The third-order valence-corrected chi connectivity index (χ3v) is 4.91. The van der Waals surface area contributed by atoms with Crippen molar-refractivity contribution in [3.05, 3.63) is 45.0 Å². The lowest BCUT2D eigenvalue weighted by Gasteiger charge is -2.08. The molecule has 0 atom stereocenters. The second kappa shape index (κ2) is 5.10. The molecule has 7 nitrogen and oxygen atoms in total. The fourth-order valence-electron chi connectivity index (χ4n) is 1.53. The summed E-state index contributed by atoms with van der Waals surface area (Å²) in [7, 11) is -2.53. The van der Waals surface area contributed by atoms with Crippen molar-refractivity contribution in [3.63, 3.8) is 0 Å². The Morgan fingerprint density at radius 2 is 2.05 bits per heavy atom. The molecular formula is C11H10N2O5S2. The van der Waals surface area contributed by atoms with Gasteiger partial charge in [0.25, 0.3) is 10.0 Å². The predicted octanol–water partition coefficient (Wildman–Crippen LogP) is 0.946. The highest BCUT2D eigenvalue weighted by molar-refractivity contribution is 7.93. The Labute approximate surface area is 118 Å². The van der Waals surface area contributed by atoms with Gasteiger partial charge in [0, 0.05) is 19.3 Å². The molecule has 0 aromatic carbocycles. The molecule has 2 N–H and O–H groups in total. The Hall–Kier alpha value is -2.13. The lowest BCUT2D eigenvalue weighted by molar-refractivity contribution is 0.0698. The maximum absolute atomic E-state index is 12.1. The van der Waals surface area contributed by atoms with Gasteiger partial charge in [0.1, 0.15) is 9.77 Å². The van der Waals surface area contributed by atoms with Gasteiger partial charge >= 0.3 is 5.97 Å². The molecule has 2 rings (SSSR count). The van der Waals surface area contributed by atoms with E-state index in [1.54, 1.807) is 0 Å². The Morgan fingerprint density at radius 3 is 2.65 bits per heavy atom. The lowest BCUT2D eigenvalue weighted by Crippen LogP contribution is -2.19. The van der Waals surface area contributed by atoms with Crippen molar-refractivity contribution in [1.29, 1.82) is 0 Å². The van der Waals surface area contributed by atoms with Crippen LogP contribution in [0, 0.1) is 0 Å². The first-order valence-electron chi connectivity index (χ1n) is 5.31. The quantitative estimate of drug-likeness (QED) is 0.874. The number of nitrogens with zero attached hydrogens (tertiary/aromatic N) is 1. The molecule has 2 aromatic heterocycles. The summed E-state index contributed by atoms with van der Waals surface area (Å²) >= 11 is 0.827. The van der Waals surface area contributed by atoms with Gasteiger partial charge in [-0.15, -0.1) is 11.3 Å². The maximum atomic E-state index is 12.1. The molecule has 0 aliphatic rings. The summed E-state index contributed by atoms with van der Waals surface area (Å²) in [5.74, 6) is -1.30. The lowest BCUT2D eigenvalue weighted by atomic mass is 10.4. The summed E-state index contributed by atoms with van der Waals surface area (Å²) in [5.41, 5.74) is -0.107. The minimum Gasteiger partial charge on any atom is -0.477 e. The van der Waals surface area contributed by atoms with Crippen LogP contribution in [-0.4, -0.2) is 24.1 Å². The molecule has 106 valence electrons. The van der Waals surface area contributed by atoms with Crippen LogP contribution in [0.15, 0.2) is 39.5 Å². The van der Waals surface area contributed by atoms with Crippen LogP contribution in [0.5, 0.6) is 0 Å². The van der Waals surface area contributed by atoms with Crippen molar-refractivity contribution in [2.45, 2.75) is 4.90 Å². The van der Waals surface area contributed by atoms with Crippen LogP contribution in [0.2, 0.25) is 0 Å². The second-order valence-electron chi connectivity index (χ2n) is 3.89. The van der Waals surface area contributed by atoms with Gasteiger partial charge in [-0.2, -0.15) is 0 Å². The van der Waals surface area contributed by atoms with E-state index in [4.69, 9.17) is 5.11 Å². The highest BCUT2D eigenvalue weighted by Crippen LogP contribution is 2.23. The number of thiophene rings is 1. The smallest absolute Gasteiger partial charge is 0.347 e. The first-order valence-corrected chi connectivity index (χ1v) is 7.68. The molecule has 9 heteroatoms. The molecule has 0 bridgehead atoms. The molecule has 2 heterocycles. The second-order valence-corrected chi connectivity index (χ2v) is 6.46. The fraction of sp³-hybridized carbons (Fsp3) is 0.0909. The van der Waals surface area contributed by atoms with E-state index in [-0.39, 0.29) is 21.0 Å². The molecule has 0 amide bonds. The van der Waals surface area contributed by atoms with Crippen molar-refractivity contribution in [2.75, 3.05) is 4.72 Å². The van der Waals surface area contributed by atoms with E-state index in [1.165, 1.54) is 41.4 Å². The van der Waals surface area contributed by atoms with Crippen LogP contribution < -0.4 is 10.3 Å². The number of carbonyl (C=O) groups is 1. The van der Waals surface area contributed by atoms with Crippen molar-refractivity contribution < 1.29 is 18.3 Å². The molecular weight excluding hydrogens is 304 g/mol. The van der Waals surface area contributed by atoms with Gasteiger partial charge in [-0.25, -0.2) is 13.2 Å². The first-order chi connectivity index (χ1) is 9.31.